The van der Waals surface area contributed by atoms with Crippen molar-refractivity contribution in [1.82, 2.24) is 14.8 Å². The number of benzene rings is 3. The lowest BCUT2D eigenvalue weighted by atomic mass is 10.1. The predicted molar refractivity (Wildman–Crippen MR) is 121 cm³/mol. The van der Waals surface area contributed by atoms with Gasteiger partial charge in [-0.25, -0.2) is 0 Å². The summed E-state index contributed by atoms with van der Waals surface area (Å²) in [4.78, 5) is 14.7. The Morgan fingerprint density at radius 3 is 2.65 bits per heavy atom. The molecular formula is C24H19N5OS. The van der Waals surface area contributed by atoms with Crippen molar-refractivity contribution in [2.24, 2.45) is 0 Å². The molecule has 1 N–H and O–H groups in total. The van der Waals surface area contributed by atoms with Crippen molar-refractivity contribution in [1.29, 1.82) is 5.26 Å². The summed E-state index contributed by atoms with van der Waals surface area (Å²) in [7, 11) is 0. The summed E-state index contributed by atoms with van der Waals surface area (Å²) >= 11 is 1.41. The molecule has 6 nitrogen and oxygen atoms in total. The summed E-state index contributed by atoms with van der Waals surface area (Å²) in [5.41, 5.74) is 2.67. The topological polar surface area (TPSA) is 83.6 Å². The maximum atomic E-state index is 13.1. The van der Waals surface area contributed by atoms with E-state index in [1.807, 2.05) is 72.2 Å². The Balaban J connectivity index is 1.59. The number of nitriles is 1. The highest BCUT2D eigenvalue weighted by atomic mass is 32.2. The van der Waals surface area contributed by atoms with E-state index in [9.17, 15) is 10.1 Å². The Kier molecular flexibility index (Phi) is 6.11. The Morgan fingerprint density at radius 1 is 1.06 bits per heavy atom. The van der Waals surface area contributed by atoms with Gasteiger partial charge in [0.2, 0.25) is 0 Å². The third kappa shape index (κ3) is 4.49. The summed E-state index contributed by atoms with van der Waals surface area (Å²) in [5, 5.41) is 20.5. The van der Waals surface area contributed by atoms with E-state index in [0.717, 1.165) is 27.7 Å². The molecule has 0 aliphatic rings. The van der Waals surface area contributed by atoms with Gasteiger partial charge in [0.1, 0.15) is 12.4 Å². The van der Waals surface area contributed by atoms with Crippen LogP contribution in [-0.2, 0) is 6.54 Å². The number of nitrogens with one attached hydrogen (secondary N) is 1. The van der Waals surface area contributed by atoms with Crippen LogP contribution in [0.3, 0.4) is 0 Å². The van der Waals surface area contributed by atoms with E-state index in [2.05, 4.69) is 21.6 Å². The highest BCUT2D eigenvalue weighted by Gasteiger charge is 2.15. The van der Waals surface area contributed by atoms with E-state index in [-0.39, 0.29) is 5.91 Å². The minimum Gasteiger partial charge on any atom is -0.322 e. The zero-order valence-corrected chi connectivity index (χ0v) is 17.6. The molecule has 4 rings (SSSR count). The van der Waals surface area contributed by atoms with Crippen molar-refractivity contribution in [3.63, 3.8) is 0 Å². The standard InChI is InChI=1S/C24H19N5OS/c1-2-29-16-26-28-23(29)17-9-7-10-19(14-17)27-24(30)20-11-4-6-13-22(20)31-21-12-5-3-8-18(21)15-25/h3-14,16H,2H2,1H3,(H,27,30). The number of carbonyl (C=O) groups is 1. The smallest absolute Gasteiger partial charge is 0.256 e. The van der Waals surface area contributed by atoms with Crippen LogP contribution in [0.15, 0.2) is 88.9 Å². The molecule has 0 saturated heterocycles. The summed E-state index contributed by atoms with van der Waals surface area (Å²) in [6.07, 6.45) is 1.69. The van der Waals surface area contributed by atoms with Gasteiger partial charge in [-0.2, -0.15) is 5.26 Å². The lowest BCUT2D eigenvalue weighted by molar-refractivity contribution is 0.102. The van der Waals surface area contributed by atoms with Gasteiger partial charge < -0.3 is 9.88 Å². The van der Waals surface area contributed by atoms with Gasteiger partial charge in [0.15, 0.2) is 5.82 Å². The highest BCUT2D eigenvalue weighted by molar-refractivity contribution is 7.99. The van der Waals surface area contributed by atoms with E-state index in [1.165, 1.54) is 11.8 Å². The SMILES string of the molecule is CCn1cnnc1-c1cccc(NC(=O)c2ccccc2Sc2ccccc2C#N)c1. The van der Waals surface area contributed by atoms with Crippen LogP contribution < -0.4 is 5.32 Å². The quantitative estimate of drug-likeness (QED) is 0.457. The molecule has 3 aromatic carbocycles. The first-order chi connectivity index (χ1) is 15.2. The van der Waals surface area contributed by atoms with E-state index in [4.69, 9.17) is 0 Å². The van der Waals surface area contributed by atoms with Gasteiger partial charge in [-0.15, -0.1) is 10.2 Å². The molecule has 7 heteroatoms. The number of anilines is 1. The first-order valence-electron chi connectivity index (χ1n) is 9.75. The van der Waals surface area contributed by atoms with Crippen molar-refractivity contribution in [3.05, 3.63) is 90.3 Å². The van der Waals surface area contributed by atoms with Gasteiger partial charge in [0.05, 0.1) is 11.1 Å². The average molecular weight is 426 g/mol. The average Bonchev–Trinajstić information content (AvgIpc) is 3.29. The molecule has 31 heavy (non-hydrogen) atoms. The van der Waals surface area contributed by atoms with E-state index in [0.29, 0.717) is 16.8 Å². The molecule has 0 radical (unpaired) electrons. The molecular weight excluding hydrogens is 406 g/mol. The molecule has 1 heterocycles. The van der Waals surface area contributed by atoms with Gasteiger partial charge in [0, 0.05) is 27.6 Å². The molecule has 0 saturated carbocycles. The highest BCUT2D eigenvalue weighted by Crippen LogP contribution is 2.33. The Hall–Kier alpha value is -3.89. The first kappa shape index (κ1) is 20.4. The van der Waals surface area contributed by atoms with Crippen molar-refractivity contribution in [2.45, 2.75) is 23.3 Å². The largest absolute Gasteiger partial charge is 0.322 e. The van der Waals surface area contributed by atoms with Crippen molar-refractivity contribution in [2.75, 3.05) is 5.32 Å². The minimum absolute atomic E-state index is 0.216. The van der Waals surface area contributed by atoms with E-state index >= 15 is 0 Å². The second-order valence-corrected chi connectivity index (χ2v) is 7.77. The lowest BCUT2D eigenvalue weighted by Crippen LogP contribution is -2.13. The Bertz CT molecular complexity index is 1270. The summed E-state index contributed by atoms with van der Waals surface area (Å²) in [6, 6.07) is 24.5. The third-order valence-corrected chi connectivity index (χ3v) is 5.85. The fraction of sp³-hybridized carbons (Fsp3) is 0.0833. The molecule has 0 fully saturated rings. The molecule has 0 atom stereocenters. The van der Waals surface area contributed by atoms with Crippen LogP contribution in [0.25, 0.3) is 11.4 Å². The molecule has 0 unspecified atom stereocenters. The van der Waals surface area contributed by atoms with Crippen LogP contribution >= 0.6 is 11.8 Å². The summed E-state index contributed by atoms with van der Waals surface area (Å²) in [5.74, 6) is 0.536. The Labute approximate surface area is 184 Å². The second-order valence-electron chi connectivity index (χ2n) is 6.68. The normalized spacial score (nSPS) is 10.5. The minimum atomic E-state index is -0.216. The second kappa shape index (κ2) is 9.28. The first-order valence-corrected chi connectivity index (χ1v) is 10.6. The number of hydrogen-bond acceptors (Lipinski definition) is 5. The van der Waals surface area contributed by atoms with Crippen LogP contribution in [0.2, 0.25) is 0 Å². The maximum absolute atomic E-state index is 13.1. The predicted octanol–water partition coefficient (Wildman–Crippen LogP) is 5.24. The van der Waals surface area contributed by atoms with Crippen LogP contribution in [0.1, 0.15) is 22.8 Å². The zero-order valence-electron chi connectivity index (χ0n) is 16.8. The van der Waals surface area contributed by atoms with Gasteiger partial charge in [-0.1, -0.05) is 48.2 Å². The van der Waals surface area contributed by atoms with Gasteiger partial charge >= 0.3 is 0 Å². The van der Waals surface area contributed by atoms with Gasteiger partial charge in [-0.3, -0.25) is 4.79 Å². The van der Waals surface area contributed by atoms with E-state index < -0.39 is 0 Å². The fourth-order valence-electron chi connectivity index (χ4n) is 3.15. The number of hydrogen-bond donors (Lipinski definition) is 1. The lowest BCUT2D eigenvalue weighted by Gasteiger charge is -2.11. The third-order valence-electron chi connectivity index (χ3n) is 4.69. The van der Waals surface area contributed by atoms with Crippen molar-refractivity contribution in [3.8, 4) is 17.5 Å². The van der Waals surface area contributed by atoms with Crippen LogP contribution in [0.4, 0.5) is 5.69 Å². The molecule has 0 spiro atoms. The van der Waals surface area contributed by atoms with Crippen LogP contribution in [0.5, 0.6) is 0 Å². The maximum Gasteiger partial charge on any atom is 0.256 e. The summed E-state index contributed by atoms with van der Waals surface area (Å²) in [6.45, 7) is 2.78. The number of aryl methyl sites for hydroxylation is 1. The number of aromatic nitrogens is 3. The molecule has 4 aromatic rings. The number of rotatable bonds is 6. The van der Waals surface area contributed by atoms with Crippen LogP contribution in [-0.4, -0.2) is 20.7 Å². The number of nitrogens with zero attached hydrogens (tertiary/aromatic N) is 4. The van der Waals surface area contributed by atoms with Crippen molar-refractivity contribution >= 4 is 23.4 Å². The monoisotopic (exact) mass is 425 g/mol. The molecule has 0 aliphatic heterocycles. The number of carbonyl (C=O) groups excluding carboxylic acids is 1. The fourth-order valence-corrected chi connectivity index (χ4v) is 4.18. The number of amides is 1. The molecule has 1 amide bonds. The van der Waals surface area contributed by atoms with Crippen molar-refractivity contribution < 1.29 is 4.79 Å². The molecule has 0 aliphatic carbocycles. The van der Waals surface area contributed by atoms with Gasteiger partial charge in [-0.05, 0) is 43.3 Å². The Morgan fingerprint density at radius 2 is 1.84 bits per heavy atom. The van der Waals surface area contributed by atoms with E-state index in [1.54, 1.807) is 18.5 Å². The van der Waals surface area contributed by atoms with Crippen LogP contribution in [0, 0.1) is 11.3 Å². The summed E-state index contributed by atoms with van der Waals surface area (Å²) < 4.78 is 1.94. The molecule has 0 bridgehead atoms. The van der Waals surface area contributed by atoms with Gasteiger partial charge in [0.25, 0.3) is 5.91 Å². The molecule has 1 aromatic heterocycles. The molecule has 152 valence electrons. The zero-order chi connectivity index (χ0) is 21.6.